The van der Waals surface area contributed by atoms with Gasteiger partial charge in [-0.15, -0.1) is 10.2 Å². The SMILES string of the molecule is Nc1nnc(SCC(=O)O)n1-c1ccc(C2CC2)c2ccccc12. The maximum absolute atomic E-state index is 10.9. The Morgan fingerprint density at radius 3 is 2.67 bits per heavy atom. The number of thioether (sulfide) groups is 1. The maximum atomic E-state index is 10.9. The highest BCUT2D eigenvalue weighted by molar-refractivity contribution is 7.99. The standard InChI is InChI=1S/C17H16N4O2S/c18-16-19-20-17(24-9-15(22)23)21(16)14-8-7-11(10-5-6-10)12-3-1-2-4-13(12)14/h1-4,7-8,10H,5-6,9H2,(H2,18,19)(H,22,23). The number of carboxylic acid groups (broad SMARTS) is 1. The Morgan fingerprint density at radius 2 is 1.96 bits per heavy atom. The Bertz CT molecular complexity index is 933. The van der Waals surface area contributed by atoms with Crippen LogP contribution < -0.4 is 5.73 Å². The molecule has 1 aliphatic rings. The largest absolute Gasteiger partial charge is 0.481 e. The minimum absolute atomic E-state index is 0.0871. The number of fused-ring (bicyclic) bond motifs is 1. The summed E-state index contributed by atoms with van der Waals surface area (Å²) in [7, 11) is 0. The minimum Gasteiger partial charge on any atom is -0.481 e. The van der Waals surface area contributed by atoms with E-state index in [0.29, 0.717) is 11.1 Å². The lowest BCUT2D eigenvalue weighted by atomic mass is 9.99. The first kappa shape index (κ1) is 15.0. The third-order valence-corrected chi connectivity index (χ3v) is 5.09. The number of benzene rings is 2. The zero-order valence-corrected chi connectivity index (χ0v) is 13.7. The molecule has 1 saturated carbocycles. The molecule has 24 heavy (non-hydrogen) atoms. The number of anilines is 1. The third kappa shape index (κ3) is 2.60. The van der Waals surface area contributed by atoms with Crippen LogP contribution in [0.25, 0.3) is 16.5 Å². The molecule has 122 valence electrons. The van der Waals surface area contributed by atoms with Crippen molar-refractivity contribution in [3.05, 3.63) is 42.0 Å². The molecule has 0 radical (unpaired) electrons. The van der Waals surface area contributed by atoms with Crippen LogP contribution in [0.2, 0.25) is 0 Å². The zero-order valence-electron chi connectivity index (χ0n) is 12.8. The second-order valence-electron chi connectivity index (χ2n) is 5.85. The topological polar surface area (TPSA) is 94.0 Å². The Morgan fingerprint density at radius 1 is 1.21 bits per heavy atom. The first-order chi connectivity index (χ1) is 11.6. The molecule has 3 N–H and O–H groups in total. The van der Waals surface area contributed by atoms with E-state index in [4.69, 9.17) is 10.8 Å². The van der Waals surface area contributed by atoms with E-state index in [9.17, 15) is 4.79 Å². The molecule has 0 saturated heterocycles. The van der Waals surface area contributed by atoms with Gasteiger partial charge < -0.3 is 10.8 Å². The molecule has 0 spiro atoms. The van der Waals surface area contributed by atoms with Gasteiger partial charge in [-0.3, -0.25) is 9.36 Å². The number of carboxylic acids is 1. The lowest BCUT2D eigenvalue weighted by Gasteiger charge is -2.13. The average molecular weight is 340 g/mol. The number of carbonyl (C=O) groups is 1. The number of nitrogen functional groups attached to an aromatic ring is 1. The van der Waals surface area contributed by atoms with Gasteiger partial charge >= 0.3 is 5.97 Å². The van der Waals surface area contributed by atoms with E-state index in [-0.39, 0.29) is 11.7 Å². The fraction of sp³-hybridized carbons (Fsp3) is 0.235. The smallest absolute Gasteiger partial charge is 0.313 e. The van der Waals surface area contributed by atoms with Crippen LogP contribution in [0.15, 0.2) is 41.6 Å². The maximum Gasteiger partial charge on any atom is 0.313 e. The summed E-state index contributed by atoms with van der Waals surface area (Å²) >= 11 is 1.11. The van der Waals surface area contributed by atoms with Gasteiger partial charge in [0.1, 0.15) is 0 Å². The third-order valence-electron chi connectivity index (χ3n) is 4.18. The van der Waals surface area contributed by atoms with Gasteiger partial charge in [-0.05, 0) is 35.8 Å². The molecule has 0 aliphatic heterocycles. The van der Waals surface area contributed by atoms with Crippen LogP contribution in [-0.4, -0.2) is 31.6 Å². The number of nitrogens with zero attached hydrogens (tertiary/aromatic N) is 3. The Hall–Kier alpha value is -2.54. The van der Waals surface area contributed by atoms with Gasteiger partial charge in [-0.25, -0.2) is 0 Å². The van der Waals surface area contributed by atoms with Crippen LogP contribution >= 0.6 is 11.8 Å². The highest BCUT2D eigenvalue weighted by atomic mass is 32.2. The Balaban J connectivity index is 1.87. The molecule has 7 heteroatoms. The van der Waals surface area contributed by atoms with Gasteiger partial charge in [0, 0.05) is 5.39 Å². The second-order valence-corrected chi connectivity index (χ2v) is 6.79. The van der Waals surface area contributed by atoms with E-state index in [0.717, 1.165) is 22.8 Å². The number of hydrogen-bond acceptors (Lipinski definition) is 5. The van der Waals surface area contributed by atoms with E-state index in [1.54, 1.807) is 4.57 Å². The van der Waals surface area contributed by atoms with Gasteiger partial charge in [0.15, 0.2) is 5.16 Å². The highest BCUT2D eigenvalue weighted by Crippen LogP contribution is 2.44. The van der Waals surface area contributed by atoms with Gasteiger partial charge in [0.05, 0.1) is 11.4 Å². The first-order valence-electron chi connectivity index (χ1n) is 7.72. The molecule has 4 rings (SSSR count). The molecule has 0 atom stereocenters. The van der Waals surface area contributed by atoms with Crippen molar-refractivity contribution >= 4 is 34.5 Å². The fourth-order valence-corrected chi connectivity index (χ4v) is 3.65. The summed E-state index contributed by atoms with van der Waals surface area (Å²) in [6.45, 7) is 0. The van der Waals surface area contributed by atoms with Crippen LogP contribution in [0.4, 0.5) is 5.95 Å². The van der Waals surface area contributed by atoms with E-state index in [2.05, 4.69) is 28.4 Å². The van der Waals surface area contributed by atoms with Crippen molar-refractivity contribution in [2.24, 2.45) is 0 Å². The Kier molecular flexibility index (Phi) is 3.65. The van der Waals surface area contributed by atoms with E-state index >= 15 is 0 Å². The number of aromatic nitrogens is 3. The molecule has 1 aliphatic carbocycles. The van der Waals surface area contributed by atoms with Crippen LogP contribution in [0.5, 0.6) is 0 Å². The molecule has 0 bridgehead atoms. The summed E-state index contributed by atoms with van der Waals surface area (Å²) in [6.07, 6.45) is 2.47. The Labute approximate surface area is 142 Å². The van der Waals surface area contributed by atoms with E-state index in [1.807, 2.05) is 18.2 Å². The predicted octanol–water partition coefficient (Wildman–Crippen LogP) is 3.06. The predicted molar refractivity (Wildman–Crippen MR) is 93.6 cm³/mol. The molecule has 3 aromatic rings. The van der Waals surface area contributed by atoms with Gasteiger partial charge in [0.25, 0.3) is 0 Å². The fourth-order valence-electron chi connectivity index (χ4n) is 2.98. The molecule has 1 aromatic heterocycles. The van der Waals surface area contributed by atoms with E-state index < -0.39 is 5.97 Å². The van der Waals surface area contributed by atoms with Crippen molar-refractivity contribution in [1.82, 2.24) is 14.8 Å². The lowest BCUT2D eigenvalue weighted by molar-refractivity contribution is -0.133. The van der Waals surface area contributed by atoms with Crippen LogP contribution in [0.3, 0.4) is 0 Å². The van der Waals surface area contributed by atoms with Crippen molar-refractivity contribution in [2.45, 2.75) is 23.9 Å². The monoisotopic (exact) mass is 340 g/mol. The molecular formula is C17H16N4O2S. The quantitative estimate of drug-likeness (QED) is 0.693. The number of rotatable bonds is 5. The average Bonchev–Trinajstić information content (AvgIpc) is 3.35. The van der Waals surface area contributed by atoms with Crippen molar-refractivity contribution in [3.8, 4) is 5.69 Å². The number of aliphatic carboxylic acids is 1. The number of nitrogens with two attached hydrogens (primary N) is 1. The zero-order chi connectivity index (χ0) is 16.7. The van der Waals surface area contributed by atoms with Gasteiger partial charge in [-0.2, -0.15) is 0 Å². The second kappa shape index (κ2) is 5.83. The van der Waals surface area contributed by atoms with Gasteiger partial charge in [0.2, 0.25) is 5.95 Å². The van der Waals surface area contributed by atoms with Crippen LogP contribution in [0.1, 0.15) is 24.3 Å². The summed E-state index contributed by atoms with van der Waals surface area (Å²) in [5.74, 6) is -0.0895. The molecular weight excluding hydrogens is 324 g/mol. The molecule has 1 heterocycles. The number of hydrogen-bond donors (Lipinski definition) is 2. The summed E-state index contributed by atoms with van der Waals surface area (Å²) in [5, 5.41) is 19.6. The highest BCUT2D eigenvalue weighted by Gasteiger charge is 2.26. The van der Waals surface area contributed by atoms with Crippen LogP contribution in [-0.2, 0) is 4.79 Å². The van der Waals surface area contributed by atoms with Crippen molar-refractivity contribution in [3.63, 3.8) is 0 Å². The molecule has 1 fully saturated rings. The van der Waals surface area contributed by atoms with Crippen LogP contribution in [0, 0.1) is 0 Å². The van der Waals surface area contributed by atoms with E-state index in [1.165, 1.54) is 23.8 Å². The minimum atomic E-state index is -0.901. The van der Waals surface area contributed by atoms with Crippen molar-refractivity contribution < 1.29 is 9.90 Å². The lowest BCUT2D eigenvalue weighted by Crippen LogP contribution is -2.05. The summed E-state index contributed by atoms with van der Waals surface area (Å²) in [6, 6.07) is 12.4. The van der Waals surface area contributed by atoms with Crippen molar-refractivity contribution in [2.75, 3.05) is 11.5 Å². The summed E-state index contributed by atoms with van der Waals surface area (Å²) in [5.41, 5.74) is 8.25. The van der Waals surface area contributed by atoms with Gasteiger partial charge in [-0.1, -0.05) is 42.1 Å². The molecule has 2 aromatic carbocycles. The molecule has 0 unspecified atom stereocenters. The van der Waals surface area contributed by atoms with Crippen molar-refractivity contribution in [1.29, 1.82) is 0 Å². The first-order valence-corrected chi connectivity index (χ1v) is 8.71. The summed E-state index contributed by atoms with van der Waals surface area (Å²) in [4.78, 5) is 10.9. The summed E-state index contributed by atoms with van der Waals surface area (Å²) < 4.78 is 1.73. The normalized spacial score (nSPS) is 14.2. The molecule has 0 amide bonds. The molecule has 6 nitrogen and oxygen atoms in total.